The Bertz CT molecular complexity index is 616. The number of anilines is 1. The number of amides is 1. The lowest BCUT2D eigenvalue weighted by atomic mass is 10.1. The monoisotopic (exact) mass is 322 g/mol. The molecule has 0 aliphatic rings. The number of carbonyl (C=O) groups excluding carboxylic acids is 1. The Morgan fingerprint density at radius 1 is 1.37 bits per heavy atom. The first kappa shape index (κ1) is 13.7. The largest absolute Gasteiger partial charge is 0.310 e. The lowest BCUT2D eigenvalue weighted by molar-refractivity contribution is -0.115. The molecule has 0 aliphatic carbocycles. The van der Waals surface area contributed by atoms with Crippen LogP contribution in [-0.4, -0.2) is 10.9 Å². The number of halogens is 2. The summed E-state index contributed by atoms with van der Waals surface area (Å²) in [5.41, 5.74) is 1.30. The minimum absolute atomic E-state index is 0.184. The van der Waals surface area contributed by atoms with Gasteiger partial charge in [0, 0.05) is 10.7 Å². The maximum absolute atomic E-state index is 13.1. The number of aryl methyl sites for hydroxylation is 1. The van der Waals surface area contributed by atoms with Crippen molar-refractivity contribution in [2.45, 2.75) is 13.3 Å². The van der Waals surface area contributed by atoms with Crippen molar-refractivity contribution in [1.29, 1.82) is 0 Å². The van der Waals surface area contributed by atoms with Gasteiger partial charge in [0.05, 0.1) is 6.42 Å². The molecule has 98 valence electrons. The molecule has 0 radical (unpaired) electrons. The van der Waals surface area contributed by atoms with Gasteiger partial charge in [-0.25, -0.2) is 9.37 Å². The lowest BCUT2D eigenvalue weighted by Gasteiger charge is -2.06. The van der Waals surface area contributed by atoms with Crippen molar-refractivity contribution in [2.75, 3.05) is 5.32 Å². The third-order valence-corrected chi connectivity index (χ3v) is 3.07. The summed E-state index contributed by atoms with van der Waals surface area (Å²) in [5.74, 6) is 0.0348. The number of nitrogens with one attached hydrogen (secondary N) is 1. The molecule has 0 saturated carbocycles. The van der Waals surface area contributed by atoms with Crippen LogP contribution in [0.2, 0.25) is 0 Å². The van der Waals surface area contributed by atoms with Gasteiger partial charge in [0.1, 0.15) is 11.6 Å². The summed E-state index contributed by atoms with van der Waals surface area (Å²) < 4.78 is 14.0. The summed E-state index contributed by atoms with van der Waals surface area (Å²) in [7, 11) is 0. The highest BCUT2D eigenvalue weighted by molar-refractivity contribution is 9.10. The molecule has 0 spiro atoms. The maximum Gasteiger partial charge on any atom is 0.229 e. The molecule has 0 fully saturated rings. The van der Waals surface area contributed by atoms with Crippen molar-refractivity contribution in [3.8, 4) is 0 Å². The van der Waals surface area contributed by atoms with Crippen LogP contribution in [-0.2, 0) is 11.2 Å². The Labute approximate surface area is 119 Å². The van der Waals surface area contributed by atoms with E-state index in [1.165, 1.54) is 6.07 Å². The number of benzene rings is 1. The van der Waals surface area contributed by atoms with Crippen LogP contribution in [0.3, 0.4) is 0 Å². The number of rotatable bonds is 3. The second-order valence-corrected chi connectivity index (χ2v) is 5.08. The molecular formula is C14H12BrFN2O. The minimum atomic E-state index is -0.266. The van der Waals surface area contributed by atoms with Crippen molar-refractivity contribution in [1.82, 2.24) is 4.98 Å². The van der Waals surface area contributed by atoms with Gasteiger partial charge < -0.3 is 5.32 Å². The van der Waals surface area contributed by atoms with Gasteiger partial charge >= 0.3 is 0 Å². The van der Waals surface area contributed by atoms with E-state index in [1.807, 2.05) is 0 Å². The molecule has 2 aromatic rings. The normalized spacial score (nSPS) is 10.3. The van der Waals surface area contributed by atoms with Gasteiger partial charge in [-0.1, -0.05) is 28.1 Å². The van der Waals surface area contributed by atoms with Gasteiger partial charge in [0.15, 0.2) is 0 Å². The number of nitrogens with zero attached hydrogens (tertiary/aromatic N) is 1. The maximum atomic E-state index is 13.1. The van der Waals surface area contributed by atoms with Gasteiger partial charge in [-0.05, 0) is 36.2 Å². The summed E-state index contributed by atoms with van der Waals surface area (Å²) in [4.78, 5) is 15.9. The Balaban J connectivity index is 2.03. The molecule has 0 aliphatic heterocycles. The van der Waals surface area contributed by atoms with Crippen LogP contribution < -0.4 is 5.32 Å². The molecule has 1 heterocycles. The zero-order valence-electron chi connectivity index (χ0n) is 10.3. The number of carbonyl (C=O) groups is 1. The van der Waals surface area contributed by atoms with E-state index in [0.29, 0.717) is 11.4 Å². The molecular weight excluding hydrogens is 311 g/mol. The zero-order chi connectivity index (χ0) is 13.8. The standard InChI is InChI=1S/C14H12BrFN2O/c1-9-6-10(2-3-12(9)16)7-14(19)18-13-8-11(15)4-5-17-13/h2-6,8H,7H2,1H3,(H,17,18,19). The van der Waals surface area contributed by atoms with E-state index in [0.717, 1.165) is 10.0 Å². The Hall–Kier alpha value is -1.75. The molecule has 0 bridgehead atoms. The molecule has 1 aromatic heterocycles. The highest BCUT2D eigenvalue weighted by Crippen LogP contribution is 2.14. The van der Waals surface area contributed by atoms with Crippen molar-refractivity contribution in [3.05, 3.63) is 57.9 Å². The van der Waals surface area contributed by atoms with Gasteiger partial charge in [-0.15, -0.1) is 0 Å². The van der Waals surface area contributed by atoms with Crippen molar-refractivity contribution in [3.63, 3.8) is 0 Å². The Morgan fingerprint density at radius 3 is 2.84 bits per heavy atom. The predicted octanol–water partition coefficient (Wildman–Crippen LogP) is 3.47. The first-order valence-electron chi connectivity index (χ1n) is 5.71. The summed E-state index contributed by atoms with van der Waals surface area (Å²) in [5, 5.41) is 2.69. The second kappa shape index (κ2) is 5.93. The topological polar surface area (TPSA) is 42.0 Å². The number of hydrogen-bond acceptors (Lipinski definition) is 2. The molecule has 2 rings (SSSR count). The third-order valence-electron chi connectivity index (χ3n) is 2.58. The fourth-order valence-electron chi connectivity index (χ4n) is 1.66. The van der Waals surface area contributed by atoms with Gasteiger partial charge in [-0.3, -0.25) is 4.79 Å². The summed E-state index contributed by atoms with van der Waals surface area (Å²) >= 11 is 3.30. The van der Waals surface area contributed by atoms with Gasteiger partial charge in [0.2, 0.25) is 5.91 Å². The van der Waals surface area contributed by atoms with Crippen LogP contribution in [0, 0.1) is 12.7 Å². The average Bonchev–Trinajstić information content (AvgIpc) is 2.34. The second-order valence-electron chi connectivity index (χ2n) is 4.17. The van der Waals surface area contributed by atoms with Crippen molar-refractivity contribution in [2.24, 2.45) is 0 Å². The van der Waals surface area contributed by atoms with E-state index in [1.54, 1.807) is 37.4 Å². The summed E-state index contributed by atoms with van der Waals surface area (Å²) in [6.07, 6.45) is 1.79. The molecule has 0 unspecified atom stereocenters. The van der Waals surface area contributed by atoms with E-state index in [9.17, 15) is 9.18 Å². The predicted molar refractivity (Wildman–Crippen MR) is 75.4 cm³/mol. The minimum Gasteiger partial charge on any atom is -0.310 e. The fraction of sp³-hybridized carbons (Fsp3) is 0.143. The van der Waals surface area contributed by atoms with Crippen LogP contribution >= 0.6 is 15.9 Å². The fourth-order valence-corrected chi connectivity index (χ4v) is 2.00. The number of pyridine rings is 1. The molecule has 1 aromatic carbocycles. The molecule has 0 saturated heterocycles. The Kier molecular flexibility index (Phi) is 4.27. The van der Waals surface area contributed by atoms with E-state index >= 15 is 0 Å². The number of aromatic nitrogens is 1. The van der Waals surface area contributed by atoms with Crippen LogP contribution in [0.25, 0.3) is 0 Å². The van der Waals surface area contributed by atoms with Crippen LogP contribution in [0.5, 0.6) is 0 Å². The first-order valence-corrected chi connectivity index (χ1v) is 6.50. The summed E-state index contributed by atoms with van der Waals surface area (Å²) in [6.45, 7) is 1.67. The Morgan fingerprint density at radius 2 is 2.16 bits per heavy atom. The molecule has 3 nitrogen and oxygen atoms in total. The van der Waals surface area contributed by atoms with Crippen LogP contribution in [0.4, 0.5) is 10.2 Å². The first-order chi connectivity index (χ1) is 9.04. The highest BCUT2D eigenvalue weighted by atomic mass is 79.9. The molecule has 19 heavy (non-hydrogen) atoms. The molecule has 1 amide bonds. The van der Waals surface area contributed by atoms with Gasteiger partial charge in [-0.2, -0.15) is 0 Å². The lowest BCUT2D eigenvalue weighted by Crippen LogP contribution is -2.15. The average molecular weight is 323 g/mol. The third kappa shape index (κ3) is 3.86. The summed E-state index contributed by atoms with van der Waals surface area (Å²) in [6, 6.07) is 8.14. The van der Waals surface area contributed by atoms with E-state index in [-0.39, 0.29) is 18.1 Å². The zero-order valence-corrected chi connectivity index (χ0v) is 11.9. The number of hydrogen-bond donors (Lipinski definition) is 1. The van der Waals surface area contributed by atoms with E-state index in [4.69, 9.17) is 0 Å². The van der Waals surface area contributed by atoms with Gasteiger partial charge in [0.25, 0.3) is 0 Å². The van der Waals surface area contributed by atoms with Crippen LogP contribution in [0.15, 0.2) is 41.0 Å². The SMILES string of the molecule is Cc1cc(CC(=O)Nc2cc(Br)ccn2)ccc1F. The van der Waals surface area contributed by atoms with E-state index < -0.39 is 0 Å². The van der Waals surface area contributed by atoms with Crippen molar-refractivity contribution < 1.29 is 9.18 Å². The molecule has 5 heteroatoms. The smallest absolute Gasteiger partial charge is 0.229 e. The molecule has 0 atom stereocenters. The highest BCUT2D eigenvalue weighted by Gasteiger charge is 2.06. The molecule has 1 N–H and O–H groups in total. The van der Waals surface area contributed by atoms with E-state index in [2.05, 4.69) is 26.2 Å². The van der Waals surface area contributed by atoms with Crippen molar-refractivity contribution >= 4 is 27.7 Å². The quantitative estimate of drug-likeness (QED) is 0.940. The van der Waals surface area contributed by atoms with Crippen LogP contribution in [0.1, 0.15) is 11.1 Å².